The molecular weight excluding hydrogens is 378 g/mol. The van der Waals surface area contributed by atoms with E-state index in [0.29, 0.717) is 21.9 Å². The number of nitrogens with one attached hydrogen (secondary N) is 1. The molecule has 6 nitrogen and oxygen atoms in total. The number of carbonyl (C=O) groups excluding carboxylic acids is 2. The van der Waals surface area contributed by atoms with Crippen LogP contribution in [-0.4, -0.2) is 23.1 Å². The molecule has 0 atom stereocenters. The van der Waals surface area contributed by atoms with E-state index in [2.05, 4.69) is 15.5 Å². The van der Waals surface area contributed by atoms with Crippen molar-refractivity contribution >= 4 is 29.7 Å². The standard InChI is InChI=1S/C21H16ClN3O3/c1-14-6-9-16(13-23-14)20(26)25-24-12-15-7-10-17(11-8-15)28-21(27)18-4-2-3-5-19(18)22/h2-13H,1H3,(H,25,26)/b24-12+. The Morgan fingerprint density at radius 3 is 2.50 bits per heavy atom. The number of aromatic nitrogens is 1. The Morgan fingerprint density at radius 2 is 1.82 bits per heavy atom. The van der Waals surface area contributed by atoms with Crippen LogP contribution in [0, 0.1) is 6.92 Å². The number of aryl methyl sites for hydroxylation is 1. The summed E-state index contributed by atoms with van der Waals surface area (Å²) in [5, 5.41) is 4.24. The minimum Gasteiger partial charge on any atom is -0.423 e. The van der Waals surface area contributed by atoms with Crippen molar-refractivity contribution in [3.8, 4) is 5.75 Å². The third kappa shape index (κ3) is 5.02. The summed E-state index contributed by atoms with van der Waals surface area (Å²) in [6.45, 7) is 1.84. The molecule has 28 heavy (non-hydrogen) atoms. The molecule has 7 heteroatoms. The first kappa shape index (κ1) is 19.3. The van der Waals surface area contributed by atoms with Crippen LogP contribution in [-0.2, 0) is 0 Å². The number of pyridine rings is 1. The topological polar surface area (TPSA) is 80.6 Å². The summed E-state index contributed by atoms with van der Waals surface area (Å²) in [6.07, 6.45) is 2.97. The highest BCUT2D eigenvalue weighted by molar-refractivity contribution is 6.33. The lowest BCUT2D eigenvalue weighted by molar-refractivity contribution is 0.0734. The number of carbonyl (C=O) groups is 2. The molecule has 0 radical (unpaired) electrons. The van der Waals surface area contributed by atoms with E-state index in [1.165, 1.54) is 12.4 Å². The Balaban J connectivity index is 1.57. The van der Waals surface area contributed by atoms with Crippen LogP contribution in [0.2, 0.25) is 5.02 Å². The fourth-order valence-electron chi connectivity index (χ4n) is 2.24. The minimum atomic E-state index is -0.536. The summed E-state index contributed by atoms with van der Waals surface area (Å²) >= 11 is 5.99. The lowest BCUT2D eigenvalue weighted by atomic mass is 10.2. The van der Waals surface area contributed by atoms with Crippen LogP contribution in [0.25, 0.3) is 0 Å². The van der Waals surface area contributed by atoms with Gasteiger partial charge in [-0.3, -0.25) is 9.78 Å². The Hall–Kier alpha value is -3.51. The summed E-state index contributed by atoms with van der Waals surface area (Å²) < 4.78 is 5.30. The van der Waals surface area contributed by atoms with Crippen LogP contribution >= 0.6 is 11.6 Å². The van der Waals surface area contributed by atoms with Crippen molar-refractivity contribution in [2.24, 2.45) is 5.10 Å². The molecule has 1 amide bonds. The van der Waals surface area contributed by atoms with Crippen molar-refractivity contribution in [3.05, 3.63) is 94.3 Å². The number of benzene rings is 2. The van der Waals surface area contributed by atoms with Crippen molar-refractivity contribution in [2.75, 3.05) is 0 Å². The maximum absolute atomic E-state index is 12.1. The number of rotatable bonds is 5. The minimum absolute atomic E-state index is 0.295. The van der Waals surface area contributed by atoms with Gasteiger partial charge in [0.1, 0.15) is 5.75 Å². The van der Waals surface area contributed by atoms with E-state index in [1.54, 1.807) is 60.7 Å². The van der Waals surface area contributed by atoms with Crippen LogP contribution in [0.3, 0.4) is 0 Å². The lowest BCUT2D eigenvalue weighted by Gasteiger charge is -2.06. The zero-order chi connectivity index (χ0) is 19.9. The first-order valence-corrected chi connectivity index (χ1v) is 8.73. The van der Waals surface area contributed by atoms with Gasteiger partial charge in [0, 0.05) is 11.9 Å². The second kappa shape index (κ2) is 8.92. The van der Waals surface area contributed by atoms with E-state index in [-0.39, 0.29) is 5.91 Å². The fraction of sp³-hybridized carbons (Fsp3) is 0.0476. The predicted molar refractivity (Wildman–Crippen MR) is 107 cm³/mol. The second-order valence-electron chi connectivity index (χ2n) is 5.83. The number of halogens is 1. The molecule has 3 rings (SSSR count). The molecule has 0 aliphatic heterocycles. The highest BCUT2D eigenvalue weighted by atomic mass is 35.5. The van der Waals surface area contributed by atoms with Crippen molar-refractivity contribution in [2.45, 2.75) is 6.92 Å². The number of hydrogen-bond acceptors (Lipinski definition) is 5. The summed E-state index contributed by atoms with van der Waals surface area (Å²) in [7, 11) is 0. The predicted octanol–water partition coefficient (Wildman–Crippen LogP) is 4.03. The van der Waals surface area contributed by atoms with Gasteiger partial charge in [0.05, 0.1) is 22.4 Å². The van der Waals surface area contributed by atoms with Crippen molar-refractivity contribution in [1.82, 2.24) is 10.4 Å². The third-order valence-electron chi connectivity index (χ3n) is 3.74. The highest BCUT2D eigenvalue weighted by Gasteiger charge is 2.12. The number of ether oxygens (including phenoxy) is 1. The largest absolute Gasteiger partial charge is 0.423 e. The Morgan fingerprint density at radius 1 is 1.07 bits per heavy atom. The molecule has 3 aromatic rings. The molecule has 0 aliphatic carbocycles. The van der Waals surface area contributed by atoms with Gasteiger partial charge in [0.15, 0.2) is 0 Å². The van der Waals surface area contributed by atoms with Crippen LogP contribution < -0.4 is 10.2 Å². The molecule has 1 heterocycles. The van der Waals surface area contributed by atoms with E-state index in [4.69, 9.17) is 16.3 Å². The number of esters is 1. The SMILES string of the molecule is Cc1ccc(C(=O)N/N=C/c2ccc(OC(=O)c3ccccc3Cl)cc2)cn1. The van der Waals surface area contributed by atoms with Gasteiger partial charge in [0.2, 0.25) is 0 Å². The average molecular weight is 394 g/mol. The number of hydrazone groups is 1. The number of amides is 1. The molecule has 140 valence electrons. The zero-order valence-electron chi connectivity index (χ0n) is 14.9. The van der Waals surface area contributed by atoms with E-state index in [9.17, 15) is 9.59 Å². The first-order chi connectivity index (χ1) is 13.5. The van der Waals surface area contributed by atoms with Gasteiger partial charge in [-0.1, -0.05) is 23.7 Å². The average Bonchev–Trinajstić information content (AvgIpc) is 2.70. The molecule has 1 aromatic heterocycles. The smallest absolute Gasteiger partial charge is 0.345 e. The quantitative estimate of drug-likeness (QED) is 0.307. The molecular formula is C21H16ClN3O3. The maximum Gasteiger partial charge on any atom is 0.345 e. The van der Waals surface area contributed by atoms with E-state index >= 15 is 0 Å². The van der Waals surface area contributed by atoms with Gasteiger partial charge in [-0.2, -0.15) is 5.10 Å². The van der Waals surface area contributed by atoms with Crippen LogP contribution in [0.1, 0.15) is 32.0 Å². The molecule has 0 saturated carbocycles. The molecule has 0 unspecified atom stereocenters. The molecule has 0 spiro atoms. The molecule has 0 aliphatic rings. The normalized spacial score (nSPS) is 10.6. The van der Waals surface area contributed by atoms with Crippen molar-refractivity contribution in [1.29, 1.82) is 0 Å². The molecule has 0 saturated heterocycles. The molecule has 0 fully saturated rings. The van der Waals surface area contributed by atoms with Crippen LogP contribution in [0.15, 0.2) is 72.0 Å². The van der Waals surface area contributed by atoms with Gasteiger partial charge in [-0.05, 0) is 61.0 Å². The Bertz CT molecular complexity index is 1020. The van der Waals surface area contributed by atoms with Gasteiger partial charge in [0.25, 0.3) is 5.91 Å². The maximum atomic E-state index is 12.1. The number of nitrogens with zero attached hydrogens (tertiary/aromatic N) is 2. The van der Waals surface area contributed by atoms with Crippen molar-refractivity contribution < 1.29 is 14.3 Å². The summed E-state index contributed by atoms with van der Waals surface area (Å²) in [6, 6.07) is 16.8. The second-order valence-corrected chi connectivity index (χ2v) is 6.23. The first-order valence-electron chi connectivity index (χ1n) is 8.36. The molecule has 1 N–H and O–H groups in total. The van der Waals surface area contributed by atoms with Crippen molar-refractivity contribution in [3.63, 3.8) is 0 Å². The van der Waals surface area contributed by atoms with Gasteiger partial charge in [-0.15, -0.1) is 0 Å². The summed E-state index contributed by atoms with van der Waals surface area (Å²) in [4.78, 5) is 28.2. The monoisotopic (exact) mass is 393 g/mol. The molecule has 2 aromatic carbocycles. The molecule has 0 bridgehead atoms. The van der Waals surface area contributed by atoms with Crippen LogP contribution in [0.5, 0.6) is 5.75 Å². The van der Waals surface area contributed by atoms with E-state index in [1.807, 2.05) is 6.92 Å². The highest BCUT2D eigenvalue weighted by Crippen LogP contribution is 2.18. The Labute approximate surface area is 166 Å². The summed E-state index contributed by atoms with van der Waals surface area (Å²) in [5.74, 6) is -0.517. The Kier molecular flexibility index (Phi) is 6.14. The van der Waals surface area contributed by atoms with Gasteiger partial charge in [-0.25, -0.2) is 10.2 Å². The van der Waals surface area contributed by atoms with Crippen LogP contribution in [0.4, 0.5) is 0 Å². The number of hydrogen-bond donors (Lipinski definition) is 1. The zero-order valence-corrected chi connectivity index (χ0v) is 15.7. The van der Waals surface area contributed by atoms with E-state index < -0.39 is 5.97 Å². The van der Waals surface area contributed by atoms with E-state index in [0.717, 1.165) is 11.3 Å². The fourth-order valence-corrected chi connectivity index (χ4v) is 2.46. The third-order valence-corrected chi connectivity index (χ3v) is 4.07. The lowest BCUT2D eigenvalue weighted by Crippen LogP contribution is -2.17. The van der Waals surface area contributed by atoms with Gasteiger partial charge >= 0.3 is 5.97 Å². The van der Waals surface area contributed by atoms with Gasteiger partial charge < -0.3 is 4.74 Å². The summed E-state index contributed by atoms with van der Waals surface area (Å²) in [5.41, 5.74) is 4.70.